The van der Waals surface area contributed by atoms with Crippen LogP contribution in [0.3, 0.4) is 0 Å². The smallest absolute Gasteiger partial charge is 0.462 e. The maximum Gasteiger partial charge on any atom is 0.472 e. The van der Waals surface area contributed by atoms with Gasteiger partial charge in [0, 0.05) is 12.8 Å². The van der Waals surface area contributed by atoms with Crippen molar-refractivity contribution in [1.82, 2.24) is 0 Å². The second-order valence-corrected chi connectivity index (χ2v) is 16.7. The maximum absolute atomic E-state index is 12.8. The van der Waals surface area contributed by atoms with E-state index >= 15 is 0 Å². The van der Waals surface area contributed by atoms with Gasteiger partial charge in [0.15, 0.2) is 6.10 Å². The summed E-state index contributed by atoms with van der Waals surface area (Å²) in [6.07, 6.45) is 39.7. The summed E-state index contributed by atoms with van der Waals surface area (Å²) in [7, 11) is -5.18. The van der Waals surface area contributed by atoms with Gasteiger partial charge in [-0.2, -0.15) is 0 Å². The van der Waals surface area contributed by atoms with Crippen LogP contribution in [-0.4, -0.2) is 110 Å². The number of hydrogen-bond acceptors (Lipinski definition) is 13. The molecular weight excluding hydrogens is 868 g/mol. The summed E-state index contributed by atoms with van der Waals surface area (Å²) in [5, 5.41) is 60.2. The highest BCUT2D eigenvalue weighted by atomic mass is 31.2. The van der Waals surface area contributed by atoms with Gasteiger partial charge in [-0.05, 0) is 83.5 Å². The van der Waals surface area contributed by atoms with E-state index in [1.807, 2.05) is 54.7 Å². The van der Waals surface area contributed by atoms with Gasteiger partial charge < -0.3 is 45.0 Å². The van der Waals surface area contributed by atoms with Crippen LogP contribution in [-0.2, 0) is 32.7 Å². The first-order valence-electron chi connectivity index (χ1n) is 23.1. The van der Waals surface area contributed by atoms with Crippen molar-refractivity contribution in [2.75, 3.05) is 13.2 Å². The number of unbranched alkanes of at least 4 members (excludes halogenated alkanes) is 1. The molecule has 14 nitrogen and oxygen atoms in total. The number of esters is 2. The van der Waals surface area contributed by atoms with Crippen molar-refractivity contribution in [1.29, 1.82) is 0 Å². The summed E-state index contributed by atoms with van der Waals surface area (Å²) < 4.78 is 33.3. The first-order valence-corrected chi connectivity index (χ1v) is 24.6. The van der Waals surface area contributed by atoms with Gasteiger partial charge in [0.05, 0.1) is 12.7 Å². The fourth-order valence-corrected chi connectivity index (χ4v) is 6.87. The molecule has 4 unspecified atom stereocenters. The number of ether oxygens (including phenoxy) is 2. The lowest BCUT2D eigenvalue weighted by Crippen LogP contribution is -2.64. The van der Waals surface area contributed by atoms with Crippen LogP contribution in [0.15, 0.2) is 134 Å². The molecule has 1 rings (SSSR count). The van der Waals surface area contributed by atoms with Crippen LogP contribution in [0.2, 0.25) is 0 Å². The van der Waals surface area contributed by atoms with E-state index in [0.717, 1.165) is 44.9 Å². The van der Waals surface area contributed by atoms with Crippen LogP contribution < -0.4 is 0 Å². The van der Waals surface area contributed by atoms with E-state index in [-0.39, 0.29) is 12.8 Å². The monoisotopic (exact) mass is 945 g/mol. The Morgan fingerprint density at radius 3 is 1.53 bits per heavy atom. The average Bonchev–Trinajstić information content (AvgIpc) is 3.29. The first-order chi connectivity index (χ1) is 31.8. The quantitative estimate of drug-likeness (QED) is 0.0105. The number of allylic oxidation sites excluding steroid dienone is 20. The Kier molecular flexibility index (Phi) is 35.4. The van der Waals surface area contributed by atoms with Crippen LogP contribution >= 0.6 is 7.82 Å². The van der Waals surface area contributed by atoms with E-state index in [4.69, 9.17) is 18.5 Å². The minimum Gasteiger partial charge on any atom is -0.462 e. The lowest BCUT2D eigenvalue weighted by molar-refractivity contribution is -0.220. The average molecular weight is 945 g/mol. The van der Waals surface area contributed by atoms with Crippen molar-refractivity contribution in [3.8, 4) is 0 Å². The summed E-state index contributed by atoms with van der Waals surface area (Å²) in [6.45, 7) is 2.86. The number of carbonyl (C=O) groups is 2. The van der Waals surface area contributed by atoms with Crippen molar-refractivity contribution in [2.24, 2.45) is 0 Å². The Balaban J connectivity index is 2.60. The van der Waals surface area contributed by atoms with Gasteiger partial charge in [-0.1, -0.05) is 148 Å². The highest BCUT2D eigenvalue weighted by molar-refractivity contribution is 7.47. The lowest BCUT2D eigenvalue weighted by atomic mass is 9.85. The van der Waals surface area contributed by atoms with Crippen molar-refractivity contribution in [3.63, 3.8) is 0 Å². The van der Waals surface area contributed by atoms with Crippen LogP contribution in [0.1, 0.15) is 110 Å². The van der Waals surface area contributed by atoms with E-state index < -0.39 is 81.8 Å². The standard InChI is InChI=1S/C51H77O14P/c1-3-5-7-9-11-12-13-14-15-16-17-18-19-20-21-22-26-30-34-38-44(53)62-40-43(41-63-66(60,61)65-51-49(58)47(56)46(55)48(57)50(51)59)64-45(54)39-35-31-27-24-23-25-29-33-37-42(52)36-32-28-10-8-6-4-2/h5-8,11-12,14-15,17-18,20-21,24-30,32-33,37,42-43,46-52,55-59H,3-4,9-10,13,16,19,22-23,31,34-36,38-41H2,1-2H3,(H,60,61)/b7-5-,8-6-,12-11-,15-14-,18-17-,21-20-,27-24-,29-25-,30-26-,32-28-,37-33+/t42?,43-,46?,47-,48+,49-,50-,51?/m1/s1. The second-order valence-electron chi connectivity index (χ2n) is 15.3. The highest BCUT2D eigenvalue weighted by Crippen LogP contribution is 2.47. The zero-order valence-corrected chi connectivity index (χ0v) is 39.7. The van der Waals surface area contributed by atoms with E-state index in [9.17, 15) is 49.7 Å². The molecule has 0 aliphatic heterocycles. The normalized spacial score (nSPS) is 23.0. The number of aliphatic hydroxyl groups excluding tert-OH is 6. The molecule has 370 valence electrons. The molecule has 66 heavy (non-hydrogen) atoms. The highest BCUT2D eigenvalue weighted by Gasteiger charge is 2.51. The third-order valence-electron chi connectivity index (χ3n) is 9.58. The van der Waals surface area contributed by atoms with E-state index in [2.05, 4.69) is 80.7 Å². The predicted octanol–water partition coefficient (Wildman–Crippen LogP) is 8.13. The number of rotatable bonds is 35. The molecule has 0 aromatic carbocycles. The van der Waals surface area contributed by atoms with Crippen molar-refractivity contribution >= 4 is 19.8 Å². The minimum absolute atomic E-state index is 0.00798. The third-order valence-corrected chi connectivity index (χ3v) is 10.6. The molecule has 1 aliphatic rings. The third kappa shape index (κ3) is 31.0. The Labute approximate surface area is 392 Å². The van der Waals surface area contributed by atoms with Gasteiger partial charge in [-0.25, -0.2) is 4.57 Å². The predicted molar refractivity (Wildman–Crippen MR) is 259 cm³/mol. The summed E-state index contributed by atoms with van der Waals surface area (Å²) in [4.78, 5) is 35.7. The molecule has 1 saturated carbocycles. The van der Waals surface area contributed by atoms with Crippen LogP contribution in [0.25, 0.3) is 0 Å². The molecule has 0 radical (unpaired) electrons. The van der Waals surface area contributed by atoms with Gasteiger partial charge in [-0.15, -0.1) is 0 Å². The number of phosphoric ester groups is 1. The molecule has 0 saturated heterocycles. The molecule has 1 fully saturated rings. The fraction of sp³-hybridized carbons (Fsp3) is 0.529. The Bertz CT molecular complexity index is 1670. The number of hydrogen-bond donors (Lipinski definition) is 7. The minimum atomic E-state index is -5.18. The van der Waals surface area contributed by atoms with Crippen LogP contribution in [0.5, 0.6) is 0 Å². The van der Waals surface area contributed by atoms with Crippen LogP contribution in [0, 0.1) is 0 Å². The lowest BCUT2D eigenvalue weighted by Gasteiger charge is -2.41. The summed E-state index contributed by atoms with van der Waals surface area (Å²) in [5.74, 6) is -1.32. The Morgan fingerprint density at radius 2 is 1.00 bits per heavy atom. The SMILES string of the molecule is CC/C=C\C/C=C\C/C=C\C/C=C\C/C=C\C/C=C\CCC(=O)OC[C@H](COP(=O)(O)OC1[C@H](O)[C@H](O)C(O)[C@H](O)[C@H]1O)OC(=O)CCC/C=C\C/C=C\C=C\C(O)C/C=C\C/C=C\CC. The molecule has 7 N–H and O–H groups in total. The summed E-state index contributed by atoms with van der Waals surface area (Å²) in [6, 6.07) is 0. The van der Waals surface area contributed by atoms with Gasteiger partial charge in [0.25, 0.3) is 0 Å². The van der Waals surface area contributed by atoms with E-state index in [1.54, 1.807) is 12.2 Å². The number of aliphatic hydroxyl groups is 6. The Hall–Kier alpha value is -4.05. The van der Waals surface area contributed by atoms with E-state index in [1.165, 1.54) is 0 Å². The van der Waals surface area contributed by atoms with Crippen molar-refractivity contribution < 1.29 is 68.2 Å². The molecule has 9 atom stereocenters. The molecule has 0 aromatic heterocycles. The van der Waals surface area contributed by atoms with E-state index in [0.29, 0.717) is 38.5 Å². The topological polar surface area (TPSA) is 230 Å². The molecule has 0 heterocycles. The molecule has 1 aliphatic carbocycles. The molecule has 0 bridgehead atoms. The molecule has 0 spiro atoms. The second kappa shape index (κ2) is 39.0. The molecular formula is C51H77O14P. The molecule has 0 amide bonds. The zero-order chi connectivity index (χ0) is 48.7. The van der Waals surface area contributed by atoms with Crippen molar-refractivity contribution in [2.45, 2.75) is 159 Å². The van der Waals surface area contributed by atoms with Gasteiger partial charge in [0.2, 0.25) is 0 Å². The Morgan fingerprint density at radius 1 is 0.545 bits per heavy atom. The van der Waals surface area contributed by atoms with Gasteiger partial charge >= 0.3 is 19.8 Å². The number of carbonyl (C=O) groups excluding carboxylic acids is 2. The summed E-state index contributed by atoms with van der Waals surface area (Å²) in [5.41, 5.74) is 0. The van der Waals surface area contributed by atoms with Crippen molar-refractivity contribution in [3.05, 3.63) is 134 Å². The maximum atomic E-state index is 12.8. The molecule has 0 aromatic rings. The largest absolute Gasteiger partial charge is 0.472 e. The number of phosphoric acid groups is 1. The molecule has 15 heteroatoms. The first kappa shape index (κ1) is 60.0. The van der Waals surface area contributed by atoms with Crippen LogP contribution in [0.4, 0.5) is 0 Å². The van der Waals surface area contributed by atoms with Gasteiger partial charge in [-0.3, -0.25) is 18.6 Å². The van der Waals surface area contributed by atoms with Gasteiger partial charge in [0.1, 0.15) is 43.2 Å². The fourth-order valence-electron chi connectivity index (χ4n) is 5.90. The zero-order valence-electron chi connectivity index (χ0n) is 38.8. The summed E-state index contributed by atoms with van der Waals surface area (Å²) >= 11 is 0.